The number of aldehydes is 2. The van der Waals surface area contributed by atoms with Gasteiger partial charge < -0.3 is 42.6 Å². The normalized spacial score (nSPS) is 11.3. The summed E-state index contributed by atoms with van der Waals surface area (Å²) < 4.78 is 45.6. The van der Waals surface area contributed by atoms with Crippen LogP contribution in [0.1, 0.15) is 58.5 Å². The second-order valence-electron chi connectivity index (χ2n) is 12.0. The van der Waals surface area contributed by atoms with Crippen LogP contribution in [-0.2, 0) is 33.3 Å². The van der Waals surface area contributed by atoms with Crippen LogP contribution in [0.4, 0.5) is 0 Å². The molecule has 1 fully saturated rings. The Morgan fingerprint density at radius 2 is 0.814 bits per heavy atom. The number of hydrogen-bond acceptors (Lipinski definition) is 13. The zero-order chi connectivity index (χ0) is 42.8. The van der Waals surface area contributed by atoms with Crippen molar-refractivity contribution in [2.45, 2.75) is 26.7 Å². The zero-order valence-corrected chi connectivity index (χ0v) is 34.3. The van der Waals surface area contributed by atoms with E-state index in [0.29, 0.717) is 62.3 Å². The highest BCUT2D eigenvalue weighted by molar-refractivity contribution is 5.75. The lowest BCUT2D eigenvalue weighted by atomic mass is 10.1. The van der Waals surface area contributed by atoms with Crippen molar-refractivity contribution in [3.8, 4) is 23.0 Å². The quantitative estimate of drug-likeness (QED) is 0.0373. The number of ether oxygens (including phenoxy) is 9. The van der Waals surface area contributed by atoms with E-state index in [-0.39, 0.29) is 19.2 Å². The van der Waals surface area contributed by atoms with E-state index in [2.05, 4.69) is 4.74 Å². The van der Waals surface area contributed by atoms with E-state index in [1.807, 2.05) is 60.7 Å². The Morgan fingerprint density at radius 1 is 0.492 bits per heavy atom. The Kier molecular flexibility index (Phi) is 26.6. The summed E-state index contributed by atoms with van der Waals surface area (Å²) in [5.74, 6) is 1.97. The second kappa shape index (κ2) is 32.0. The van der Waals surface area contributed by atoms with Crippen molar-refractivity contribution in [2.75, 3.05) is 80.3 Å². The Hall–Kier alpha value is -6.02. The van der Waals surface area contributed by atoms with Crippen molar-refractivity contribution in [3.05, 3.63) is 119 Å². The average Bonchev–Trinajstić information content (AvgIpc) is 3.87. The first-order chi connectivity index (χ1) is 28.8. The van der Waals surface area contributed by atoms with Gasteiger partial charge in [-0.1, -0.05) is 36.4 Å². The zero-order valence-electron chi connectivity index (χ0n) is 34.3. The molecule has 1 saturated heterocycles. The average molecular weight is 817 g/mol. The number of methoxy groups -OCH3 is 2. The van der Waals surface area contributed by atoms with Crippen molar-refractivity contribution in [1.82, 2.24) is 0 Å². The van der Waals surface area contributed by atoms with Crippen molar-refractivity contribution < 1.29 is 61.8 Å². The lowest BCUT2D eigenvalue weighted by Crippen LogP contribution is -2.14. The SMILES string of the molecule is C1CCOC1.CCOC(=O)COc1ccc(/C=C/c2ccc(OCCOC)cc2)cc1.CCOC(=O)COc1ccc(C=O)cc1.COCCOc1ccc(C=O)cc1. The van der Waals surface area contributed by atoms with E-state index in [4.69, 9.17) is 37.9 Å². The summed E-state index contributed by atoms with van der Waals surface area (Å²) in [7, 11) is 3.27. The lowest BCUT2D eigenvalue weighted by molar-refractivity contribution is -0.146. The van der Waals surface area contributed by atoms with Crippen LogP contribution in [0.15, 0.2) is 97.1 Å². The molecule has 5 rings (SSSR count). The van der Waals surface area contributed by atoms with E-state index in [1.54, 1.807) is 76.6 Å². The Morgan fingerprint density at radius 3 is 1.08 bits per heavy atom. The van der Waals surface area contributed by atoms with Crippen molar-refractivity contribution >= 4 is 36.7 Å². The number of hydrogen-bond donors (Lipinski definition) is 0. The molecule has 0 N–H and O–H groups in total. The number of carbonyl (C=O) groups is 4. The molecule has 0 radical (unpaired) electrons. The molecule has 4 aromatic carbocycles. The molecular weight excluding hydrogens is 760 g/mol. The van der Waals surface area contributed by atoms with Crippen LogP contribution in [0.5, 0.6) is 23.0 Å². The first kappa shape index (κ1) is 49.1. The molecule has 13 heteroatoms. The summed E-state index contributed by atoms with van der Waals surface area (Å²) in [5, 5.41) is 0. The number of benzene rings is 4. The highest BCUT2D eigenvalue weighted by Gasteiger charge is 2.04. The maximum atomic E-state index is 11.3. The van der Waals surface area contributed by atoms with E-state index >= 15 is 0 Å². The van der Waals surface area contributed by atoms with Gasteiger partial charge in [0.2, 0.25) is 0 Å². The highest BCUT2D eigenvalue weighted by atomic mass is 16.6. The molecule has 0 amide bonds. The van der Waals surface area contributed by atoms with E-state index in [9.17, 15) is 19.2 Å². The summed E-state index contributed by atoms with van der Waals surface area (Å²) in [6.07, 6.45) is 8.14. The third kappa shape index (κ3) is 23.7. The molecule has 4 aromatic rings. The van der Waals surface area contributed by atoms with Gasteiger partial charge in [0.05, 0.1) is 26.4 Å². The van der Waals surface area contributed by atoms with Gasteiger partial charge >= 0.3 is 11.9 Å². The molecule has 1 aliphatic heterocycles. The molecule has 318 valence electrons. The molecule has 0 spiro atoms. The topological polar surface area (TPSA) is 151 Å². The fourth-order valence-electron chi connectivity index (χ4n) is 4.51. The van der Waals surface area contributed by atoms with Crippen LogP contribution >= 0.6 is 0 Å². The van der Waals surface area contributed by atoms with Gasteiger partial charge in [0, 0.05) is 38.6 Å². The Bertz CT molecular complexity index is 1730. The summed E-state index contributed by atoms with van der Waals surface area (Å²) >= 11 is 0. The van der Waals surface area contributed by atoms with Crippen molar-refractivity contribution in [1.29, 1.82) is 0 Å². The molecule has 0 atom stereocenters. The van der Waals surface area contributed by atoms with Gasteiger partial charge in [-0.25, -0.2) is 9.59 Å². The van der Waals surface area contributed by atoms with E-state index in [0.717, 1.165) is 48.4 Å². The maximum absolute atomic E-state index is 11.3. The van der Waals surface area contributed by atoms with E-state index < -0.39 is 5.97 Å². The molecule has 59 heavy (non-hydrogen) atoms. The molecule has 0 aliphatic carbocycles. The van der Waals surface area contributed by atoms with Crippen molar-refractivity contribution in [2.24, 2.45) is 0 Å². The minimum Gasteiger partial charge on any atom is -0.491 e. The molecule has 0 unspecified atom stereocenters. The first-order valence-corrected chi connectivity index (χ1v) is 19.2. The first-order valence-electron chi connectivity index (χ1n) is 19.2. The molecular formula is C46H56O13. The van der Waals surface area contributed by atoms with Gasteiger partial charge in [0.1, 0.15) is 48.8 Å². The smallest absolute Gasteiger partial charge is 0.344 e. The van der Waals surface area contributed by atoms with Gasteiger partial charge in [-0.15, -0.1) is 0 Å². The monoisotopic (exact) mass is 816 g/mol. The van der Waals surface area contributed by atoms with Crippen LogP contribution in [0, 0.1) is 0 Å². The second-order valence-corrected chi connectivity index (χ2v) is 12.0. The maximum Gasteiger partial charge on any atom is 0.344 e. The fourth-order valence-corrected chi connectivity index (χ4v) is 4.51. The minimum atomic E-state index is -0.406. The van der Waals surface area contributed by atoms with Crippen LogP contribution in [0.25, 0.3) is 12.2 Å². The summed E-state index contributed by atoms with van der Waals surface area (Å²) in [5.41, 5.74) is 3.33. The molecule has 1 heterocycles. The Balaban J connectivity index is 0.000000307. The van der Waals surface area contributed by atoms with Gasteiger partial charge in [-0.05, 0) is 111 Å². The van der Waals surface area contributed by atoms with Gasteiger partial charge in [0.15, 0.2) is 13.2 Å². The number of rotatable bonds is 20. The third-order valence-electron chi connectivity index (χ3n) is 7.52. The number of carbonyl (C=O) groups excluding carboxylic acids is 4. The highest BCUT2D eigenvalue weighted by Crippen LogP contribution is 2.17. The predicted molar refractivity (Wildman–Crippen MR) is 225 cm³/mol. The summed E-state index contributed by atoms with van der Waals surface area (Å²) in [6.45, 7) is 8.19. The van der Waals surface area contributed by atoms with Crippen LogP contribution in [0.2, 0.25) is 0 Å². The van der Waals surface area contributed by atoms with Gasteiger partial charge in [-0.2, -0.15) is 0 Å². The number of esters is 2. The largest absolute Gasteiger partial charge is 0.491 e. The van der Waals surface area contributed by atoms with Gasteiger partial charge in [-0.3, -0.25) is 9.59 Å². The summed E-state index contributed by atoms with van der Waals surface area (Å²) in [6, 6.07) is 28.8. The summed E-state index contributed by atoms with van der Waals surface area (Å²) in [4.78, 5) is 42.9. The fraction of sp³-hybridized carbons (Fsp3) is 0.348. The lowest BCUT2D eigenvalue weighted by Gasteiger charge is -2.06. The van der Waals surface area contributed by atoms with Crippen LogP contribution in [-0.4, -0.2) is 105 Å². The molecule has 0 aromatic heterocycles. The molecule has 1 aliphatic rings. The minimum absolute atomic E-state index is 0.0815. The molecule has 0 bridgehead atoms. The van der Waals surface area contributed by atoms with Crippen molar-refractivity contribution in [3.63, 3.8) is 0 Å². The Labute approximate surface area is 347 Å². The molecule has 0 saturated carbocycles. The van der Waals surface area contributed by atoms with Gasteiger partial charge in [0.25, 0.3) is 0 Å². The predicted octanol–water partition coefficient (Wildman–Crippen LogP) is 7.59. The molecule has 13 nitrogen and oxygen atoms in total. The van der Waals surface area contributed by atoms with E-state index in [1.165, 1.54) is 12.8 Å². The standard InChI is InChI=1S/C21H24O5.C11H12O4.C10H12O3.C4H8O/c1-3-24-21(22)16-26-20-12-8-18(9-13-20)5-4-17-6-10-19(11-7-17)25-15-14-23-2;1-2-14-11(13)8-15-10-5-3-9(7-12)4-6-10;1-12-6-7-13-10-4-2-9(8-11)3-5-10;1-2-4-5-3-1/h4-13H,3,14-16H2,1-2H3;3-7H,2,8H2,1H3;2-5,8H,6-7H2,1H3;1-4H2/b5-4+;;;. The third-order valence-corrected chi connectivity index (χ3v) is 7.52. The van der Waals surface area contributed by atoms with Crippen LogP contribution < -0.4 is 18.9 Å². The van der Waals surface area contributed by atoms with Crippen LogP contribution in [0.3, 0.4) is 0 Å².